The summed E-state index contributed by atoms with van der Waals surface area (Å²) in [6, 6.07) is 0.485. The van der Waals surface area contributed by atoms with Crippen LogP contribution in [0.15, 0.2) is 15.2 Å². The summed E-state index contributed by atoms with van der Waals surface area (Å²) in [6.07, 6.45) is 1.19. The molecule has 3 unspecified atom stereocenters. The van der Waals surface area contributed by atoms with Gasteiger partial charge in [0.05, 0.1) is 0 Å². The van der Waals surface area contributed by atoms with E-state index in [1.54, 1.807) is 11.3 Å². The maximum absolute atomic E-state index is 3.76. The Morgan fingerprint density at radius 1 is 1.39 bits per heavy atom. The van der Waals surface area contributed by atoms with Gasteiger partial charge in [-0.2, -0.15) is 34.9 Å². The summed E-state index contributed by atoms with van der Waals surface area (Å²) in [4.78, 5) is 0. The van der Waals surface area contributed by atoms with Crippen LogP contribution >= 0.6 is 50.8 Å². The van der Waals surface area contributed by atoms with Crippen LogP contribution in [0.1, 0.15) is 31.9 Å². The molecule has 1 N–H and O–H groups in total. The first-order valence-corrected chi connectivity index (χ1v) is 10.3. The molecular weight excluding hydrogens is 346 g/mol. The molecule has 0 spiro atoms. The molecular formula is C13H20BrNS3. The van der Waals surface area contributed by atoms with E-state index < -0.39 is 0 Å². The molecule has 0 aliphatic carbocycles. The van der Waals surface area contributed by atoms with Crippen molar-refractivity contribution < 1.29 is 0 Å². The van der Waals surface area contributed by atoms with E-state index in [0.717, 1.165) is 11.8 Å². The average Bonchev–Trinajstić information content (AvgIpc) is 2.78. The van der Waals surface area contributed by atoms with Crippen molar-refractivity contribution >= 4 is 50.8 Å². The zero-order valence-corrected chi connectivity index (χ0v) is 14.9. The largest absolute Gasteiger partial charge is 0.309 e. The number of nitrogens with one attached hydrogen (secondary N) is 1. The fourth-order valence-corrected chi connectivity index (χ4v) is 6.75. The Kier molecular flexibility index (Phi) is 6.41. The molecule has 0 radical (unpaired) electrons. The number of rotatable bonds is 5. The lowest BCUT2D eigenvalue weighted by atomic mass is 10.0. The Bertz CT molecular complexity index is 369. The van der Waals surface area contributed by atoms with Crippen LogP contribution in [0.25, 0.3) is 0 Å². The van der Waals surface area contributed by atoms with Gasteiger partial charge in [-0.05, 0) is 39.8 Å². The van der Waals surface area contributed by atoms with Crippen LogP contribution in [0, 0.1) is 0 Å². The summed E-state index contributed by atoms with van der Waals surface area (Å²) in [6.45, 7) is 5.71. The number of halogens is 1. The summed E-state index contributed by atoms with van der Waals surface area (Å²) in [5.41, 5.74) is 1.44. The molecule has 1 aromatic heterocycles. The molecule has 1 aliphatic heterocycles. The minimum Gasteiger partial charge on any atom is -0.309 e. The van der Waals surface area contributed by atoms with E-state index in [4.69, 9.17) is 0 Å². The average molecular weight is 366 g/mol. The van der Waals surface area contributed by atoms with Crippen molar-refractivity contribution in [3.8, 4) is 0 Å². The predicted molar refractivity (Wildman–Crippen MR) is 91.2 cm³/mol. The zero-order chi connectivity index (χ0) is 13.0. The van der Waals surface area contributed by atoms with E-state index in [1.165, 1.54) is 28.0 Å². The van der Waals surface area contributed by atoms with Gasteiger partial charge < -0.3 is 5.32 Å². The van der Waals surface area contributed by atoms with Crippen LogP contribution in [0.3, 0.4) is 0 Å². The van der Waals surface area contributed by atoms with E-state index >= 15 is 0 Å². The van der Waals surface area contributed by atoms with Gasteiger partial charge in [-0.15, -0.1) is 0 Å². The molecule has 1 aromatic rings. The number of hydrogen-bond donors (Lipinski definition) is 1. The second-order valence-corrected chi connectivity index (χ2v) is 8.89. The summed E-state index contributed by atoms with van der Waals surface area (Å²) in [5.74, 6) is 2.58. The third-order valence-electron chi connectivity index (χ3n) is 3.16. The van der Waals surface area contributed by atoms with Crippen LogP contribution in [0.5, 0.6) is 0 Å². The Hall–Kier alpha value is 0.840. The lowest BCUT2D eigenvalue weighted by Gasteiger charge is -2.35. The highest BCUT2D eigenvalue weighted by molar-refractivity contribution is 9.10. The lowest BCUT2D eigenvalue weighted by Crippen LogP contribution is -2.38. The molecule has 2 rings (SSSR count). The predicted octanol–water partition coefficient (Wildman–Crippen LogP) is 4.79. The molecule has 0 saturated carbocycles. The molecule has 1 saturated heterocycles. The van der Waals surface area contributed by atoms with Crippen molar-refractivity contribution in [2.75, 3.05) is 18.1 Å². The third kappa shape index (κ3) is 3.69. The van der Waals surface area contributed by atoms with Gasteiger partial charge in [0.2, 0.25) is 0 Å². The molecule has 1 fully saturated rings. The van der Waals surface area contributed by atoms with Crippen molar-refractivity contribution in [3.63, 3.8) is 0 Å². The van der Waals surface area contributed by atoms with Crippen molar-refractivity contribution in [1.29, 1.82) is 0 Å². The normalized spacial score (nSPS) is 26.2. The number of hydrogen-bond acceptors (Lipinski definition) is 4. The van der Waals surface area contributed by atoms with Crippen LogP contribution in [-0.2, 0) is 0 Å². The quantitative estimate of drug-likeness (QED) is 0.805. The first-order chi connectivity index (χ1) is 8.74. The minimum atomic E-state index is 0.485. The highest BCUT2D eigenvalue weighted by atomic mass is 79.9. The highest BCUT2D eigenvalue weighted by Crippen LogP contribution is 2.41. The van der Waals surface area contributed by atoms with Crippen LogP contribution in [0.4, 0.5) is 0 Å². The molecule has 0 amide bonds. The SMILES string of the molecule is CCCNC(c1cscc1Br)C1SCCSC1C. The van der Waals surface area contributed by atoms with E-state index in [2.05, 4.69) is 69.4 Å². The monoisotopic (exact) mass is 365 g/mol. The summed E-state index contributed by atoms with van der Waals surface area (Å²) in [5, 5.41) is 9.66. The molecule has 102 valence electrons. The maximum atomic E-state index is 3.76. The van der Waals surface area contributed by atoms with Gasteiger partial charge in [0.25, 0.3) is 0 Å². The first kappa shape index (κ1) is 15.2. The van der Waals surface area contributed by atoms with Crippen LogP contribution < -0.4 is 5.32 Å². The molecule has 1 nitrogen and oxygen atoms in total. The van der Waals surface area contributed by atoms with Gasteiger partial charge in [0, 0.05) is 37.9 Å². The lowest BCUT2D eigenvalue weighted by molar-refractivity contribution is 0.508. The smallest absolute Gasteiger partial charge is 0.0470 e. The number of thiophene rings is 1. The van der Waals surface area contributed by atoms with E-state index in [1.807, 2.05) is 0 Å². The van der Waals surface area contributed by atoms with E-state index in [-0.39, 0.29) is 0 Å². The van der Waals surface area contributed by atoms with Crippen LogP contribution in [-0.4, -0.2) is 28.6 Å². The molecule has 18 heavy (non-hydrogen) atoms. The van der Waals surface area contributed by atoms with Gasteiger partial charge in [0.15, 0.2) is 0 Å². The molecule has 0 aromatic carbocycles. The fourth-order valence-electron chi connectivity index (χ4n) is 2.23. The van der Waals surface area contributed by atoms with Gasteiger partial charge in [-0.3, -0.25) is 0 Å². The van der Waals surface area contributed by atoms with E-state index in [9.17, 15) is 0 Å². The third-order valence-corrected chi connectivity index (χ3v) is 8.10. The van der Waals surface area contributed by atoms with Crippen molar-refractivity contribution in [2.24, 2.45) is 0 Å². The molecule has 2 heterocycles. The molecule has 5 heteroatoms. The maximum Gasteiger partial charge on any atom is 0.0470 e. The van der Waals surface area contributed by atoms with Gasteiger partial charge in [-0.1, -0.05) is 13.8 Å². The Morgan fingerprint density at radius 2 is 2.17 bits per heavy atom. The molecule has 3 atom stereocenters. The van der Waals surface area contributed by atoms with E-state index in [0.29, 0.717) is 11.3 Å². The Balaban J connectivity index is 2.16. The van der Waals surface area contributed by atoms with Gasteiger partial charge in [-0.25, -0.2) is 0 Å². The summed E-state index contributed by atoms with van der Waals surface area (Å²) < 4.78 is 1.27. The molecule has 0 bridgehead atoms. The van der Waals surface area contributed by atoms with Crippen molar-refractivity contribution in [2.45, 2.75) is 36.8 Å². The second kappa shape index (κ2) is 7.58. The highest BCUT2D eigenvalue weighted by Gasteiger charge is 2.32. The summed E-state index contributed by atoms with van der Waals surface area (Å²) in [7, 11) is 0. The van der Waals surface area contributed by atoms with Crippen molar-refractivity contribution in [3.05, 3.63) is 20.8 Å². The standard InChI is InChI=1S/C13H20BrNS3/c1-3-4-15-12(10-7-16-8-11(10)14)13-9(2)17-5-6-18-13/h7-9,12-13,15H,3-6H2,1-2H3. The van der Waals surface area contributed by atoms with Gasteiger partial charge in [0.1, 0.15) is 0 Å². The minimum absolute atomic E-state index is 0.485. The Morgan fingerprint density at radius 3 is 2.78 bits per heavy atom. The topological polar surface area (TPSA) is 12.0 Å². The number of thioether (sulfide) groups is 2. The summed E-state index contributed by atoms with van der Waals surface area (Å²) >= 11 is 9.75. The first-order valence-electron chi connectivity index (χ1n) is 6.42. The zero-order valence-electron chi connectivity index (χ0n) is 10.8. The van der Waals surface area contributed by atoms with Crippen molar-refractivity contribution in [1.82, 2.24) is 5.32 Å². The fraction of sp³-hybridized carbons (Fsp3) is 0.692. The van der Waals surface area contributed by atoms with Crippen LogP contribution in [0.2, 0.25) is 0 Å². The second-order valence-electron chi connectivity index (χ2n) is 4.52. The Labute approximate surface area is 131 Å². The molecule has 1 aliphatic rings. The van der Waals surface area contributed by atoms with Gasteiger partial charge >= 0.3 is 0 Å².